The molecule has 0 amide bonds. The van der Waals surface area contributed by atoms with Gasteiger partial charge in [0, 0.05) is 5.41 Å². The molecule has 102 valence electrons. The van der Waals surface area contributed by atoms with E-state index in [1.165, 1.54) is 51.4 Å². The molecule has 0 radical (unpaired) electrons. The van der Waals surface area contributed by atoms with Crippen LogP contribution in [0.25, 0.3) is 0 Å². The van der Waals surface area contributed by atoms with Gasteiger partial charge in [-0.25, -0.2) is 15.0 Å². The van der Waals surface area contributed by atoms with E-state index >= 15 is 0 Å². The van der Waals surface area contributed by atoms with Crippen LogP contribution in [0.1, 0.15) is 78.0 Å². The van der Waals surface area contributed by atoms with Crippen LogP contribution in [0.15, 0.2) is 12.7 Å². The lowest BCUT2D eigenvalue weighted by Gasteiger charge is -2.27. The maximum Gasteiger partial charge on any atom is 0.137 e. The van der Waals surface area contributed by atoms with Crippen LogP contribution in [0.5, 0.6) is 0 Å². The Hall–Kier alpha value is -0.990. The number of rotatable bonds is 9. The molecule has 1 heterocycles. The van der Waals surface area contributed by atoms with E-state index in [1.807, 2.05) is 0 Å². The number of hydrogen-bond donors (Lipinski definition) is 0. The predicted molar refractivity (Wildman–Crippen MR) is 75.5 cm³/mol. The van der Waals surface area contributed by atoms with Crippen LogP contribution in [-0.2, 0) is 5.41 Å². The normalized spacial score (nSPS) is 14.4. The Bertz CT molecular complexity index is 313. The smallest absolute Gasteiger partial charge is 0.137 e. The highest BCUT2D eigenvalue weighted by Gasteiger charge is 2.28. The lowest BCUT2D eigenvalue weighted by molar-refractivity contribution is 0.349. The van der Waals surface area contributed by atoms with Crippen molar-refractivity contribution in [2.45, 2.75) is 77.6 Å². The SMILES string of the molecule is CCCCCCC(C)(CCCC)c1ncncn1. The van der Waals surface area contributed by atoms with E-state index in [-0.39, 0.29) is 5.41 Å². The standard InChI is InChI=1S/C15H27N3/c1-4-6-8-9-11-15(3,10-7-5-2)14-17-12-16-13-18-14/h12-13H,4-11H2,1-3H3. The molecule has 0 spiro atoms. The Kier molecular flexibility index (Phi) is 6.84. The van der Waals surface area contributed by atoms with E-state index in [9.17, 15) is 0 Å². The van der Waals surface area contributed by atoms with E-state index in [0.29, 0.717) is 0 Å². The zero-order chi connectivity index (χ0) is 13.3. The Morgan fingerprint density at radius 1 is 0.889 bits per heavy atom. The minimum Gasteiger partial charge on any atom is -0.225 e. The van der Waals surface area contributed by atoms with Gasteiger partial charge in [-0.15, -0.1) is 0 Å². The number of unbranched alkanes of at least 4 members (excludes halogenated alkanes) is 4. The summed E-state index contributed by atoms with van der Waals surface area (Å²) in [6, 6.07) is 0. The van der Waals surface area contributed by atoms with Gasteiger partial charge in [0.05, 0.1) is 0 Å². The maximum absolute atomic E-state index is 4.38. The summed E-state index contributed by atoms with van der Waals surface area (Å²) in [6.45, 7) is 6.80. The van der Waals surface area contributed by atoms with Crippen molar-refractivity contribution in [1.82, 2.24) is 15.0 Å². The minimum atomic E-state index is 0.132. The average Bonchev–Trinajstić information content (AvgIpc) is 2.42. The first-order chi connectivity index (χ1) is 8.73. The predicted octanol–water partition coefficient (Wildman–Crippen LogP) is 4.29. The summed E-state index contributed by atoms with van der Waals surface area (Å²) in [5.74, 6) is 0.974. The molecule has 1 aromatic heterocycles. The third kappa shape index (κ3) is 4.71. The molecule has 0 saturated carbocycles. The highest BCUT2D eigenvalue weighted by Crippen LogP contribution is 2.32. The molecule has 1 rings (SSSR count). The monoisotopic (exact) mass is 249 g/mol. The van der Waals surface area contributed by atoms with E-state index in [4.69, 9.17) is 0 Å². The highest BCUT2D eigenvalue weighted by atomic mass is 15.0. The molecular weight excluding hydrogens is 222 g/mol. The van der Waals surface area contributed by atoms with Gasteiger partial charge in [0.2, 0.25) is 0 Å². The molecule has 0 N–H and O–H groups in total. The maximum atomic E-state index is 4.38. The Balaban J connectivity index is 2.63. The molecule has 3 heteroatoms. The van der Waals surface area contributed by atoms with E-state index in [1.54, 1.807) is 12.7 Å². The van der Waals surface area contributed by atoms with Crippen LogP contribution in [-0.4, -0.2) is 15.0 Å². The van der Waals surface area contributed by atoms with Gasteiger partial charge in [-0.1, -0.05) is 59.3 Å². The molecule has 0 aliphatic carbocycles. The first-order valence-electron chi connectivity index (χ1n) is 7.35. The fourth-order valence-corrected chi connectivity index (χ4v) is 2.41. The molecule has 0 aromatic carbocycles. The Labute approximate surface area is 111 Å². The quantitative estimate of drug-likeness (QED) is 0.613. The molecule has 0 aliphatic heterocycles. The van der Waals surface area contributed by atoms with Crippen molar-refractivity contribution in [3.8, 4) is 0 Å². The van der Waals surface area contributed by atoms with E-state index in [2.05, 4.69) is 35.7 Å². The first-order valence-corrected chi connectivity index (χ1v) is 7.35. The van der Waals surface area contributed by atoms with Gasteiger partial charge >= 0.3 is 0 Å². The number of hydrogen-bond acceptors (Lipinski definition) is 3. The molecule has 1 unspecified atom stereocenters. The fraction of sp³-hybridized carbons (Fsp3) is 0.800. The summed E-state index contributed by atoms with van der Waals surface area (Å²) < 4.78 is 0. The van der Waals surface area contributed by atoms with Crippen molar-refractivity contribution in [1.29, 1.82) is 0 Å². The molecule has 0 bridgehead atoms. The van der Waals surface area contributed by atoms with Crippen molar-refractivity contribution in [2.24, 2.45) is 0 Å². The molecule has 1 aromatic rings. The van der Waals surface area contributed by atoms with Crippen LogP contribution < -0.4 is 0 Å². The third-order valence-corrected chi connectivity index (χ3v) is 3.70. The van der Waals surface area contributed by atoms with E-state index < -0.39 is 0 Å². The van der Waals surface area contributed by atoms with Crippen LogP contribution >= 0.6 is 0 Å². The fourth-order valence-electron chi connectivity index (χ4n) is 2.41. The van der Waals surface area contributed by atoms with Crippen LogP contribution in [0.4, 0.5) is 0 Å². The minimum absolute atomic E-state index is 0.132. The summed E-state index contributed by atoms with van der Waals surface area (Å²) in [5.41, 5.74) is 0.132. The van der Waals surface area contributed by atoms with Gasteiger partial charge in [-0.2, -0.15) is 0 Å². The first kappa shape index (κ1) is 15.1. The molecule has 0 aliphatic rings. The van der Waals surface area contributed by atoms with Crippen molar-refractivity contribution in [3.63, 3.8) is 0 Å². The van der Waals surface area contributed by atoms with Crippen molar-refractivity contribution >= 4 is 0 Å². The van der Waals surface area contributed by atoms with Gasteiger partial charge in [0.25, 0.3) is 0 Å². The van der Waals surface area contributed by atoms with Crippen LogP contribution in [0.2, 0.25) is 0 Å². The summed E-state index contributed by atoms with van der Waals surface area (Å²) in [4.78, 5) is 12.7. The van der Waals surface area contributed by atoms with Gasteiger partial charge < -0.3 is 0 Å². The highest BCUT2D eigenvalue weighted by molar-refractivity contribution is 5.03. The van der Waals surface area contributed by atoms with Gasteiger partial charge in [0.15, 0.2) is 0 Å². The lowest BCUT2D eigenvalue weighted by Crippen LogP contribution is -2.25. The van der Waals surface area contributed by atoms with Gasteiger partial charge in [-0.3, -0.25) is 0 Å². The molecule has 1 atom stereocenters. The molecular formula is C15H27N3. The van der Waals surface area contributed by atoms with Gasteiger partial charge in [0.1, 0.15) is 18.5 Å². The second-order valence-electron chi connectivity index (χ2n) is 5.44. The van der Waals surface area contributed by atoms with Crippen molar-refractivity contribution in [3.05, 3.63) is 18.5 Å². The van der Waals surface area contributed by atoms with Crippen molar-refractivity contribution in [2.75, 3.05) is 0 Å². The topological polar surface area (TPSA) is 38.7 Å². The largest absolute Gasteiger partial charge is 0.225 e. The van der Waals surface area contributed by atoms with Crippen LogP contribution in [0, 0.1) is 0 Å². The van der Waals surface area contributed by atoms with E-state index in [0.717, 1.165) is 5.82 Å². The van der Waals surface area contributed by atoms with Crippen molar-refractivity contribution < 1.29 is 0 Å². The molecule has 0 fully saturated rings. The Morgan fingerprint density at radius 3 is 2.11 bits per heavy atom. The third-order valence-electron chi connectivity index (χ3n) is 3.70. The molecule has 18 heavy (non-hydrogen) atoms. The zero-order valence-corrected chi connectivity index (χ0v) is 12.2. The zero-order valence-electron chi connectivity index (χ0n) is 12.2. The lowest BCUT2D eigenvalue weighted by atomic mass is 9.79. The average molecular weight is 249 g/mol. The molecule has 3 nitrogen and oxygen atoms in total. The van der Waals surface area contributed by atoms with Crippen LogP contribution in [0.3, 0.4) is 0 Å². The van der Waals surface area contributed by atoms with Gasteiger partial charge in [-0.05, 0) is 12.8 Å². The summed E-state index contributed by atoms with van der Waals surface area (Å²) in [7, 11) is 0. The second-order valence-corrected chi connectivity index (χ2v) is 5.44. The summed E-state index contributed by atoms with van der Waals surface area (Å²) >= 11 is 0. The summed E-state index contributed by atoms with van der Waals surface area (Å²) in [6.07, 6.45) is 13.3. The number of aromatic nitrogens is 3. The second kappa shape index (κ2) is 8.17. The molecule has 0 saturated heterocycles. The Morgan fingerprint density at radius 2 is 1.50 bits per heavy atom. The summed E-state index contributed by atoms with van der Waals surface area (Å²) in [5, 5.41) is 0. The number of nitrogens with zero attached hydrogens (tertiary/aromatic N) is 3.